The highest BCUT2D eigenvalue weighted by Crippen LogP contribution is 2.42. The van der Waals surface area contributed by atoms with Gasteiger partial charge < -0.3 is 19.9 Å². The number of methoxy groups -OCH3 is 1. The van der Waals surface area contributed by atoms with Crippen LogP contribution in [0.3, 0.4) is 0 Å². The summed E-state index contributed by atoms with van der Waals surface area (Å²) >= 11 is 5.89. The minimum Gasteiger partial charge on any atom is -0.482 e. The molecule has 48 heavy (non-hydrogen) atoms. The van der Waals surface area contributed by atoms with Crippen molar-refractivity contribution in [3.63, 3.8) is 0 Å². The molecule has 1 aromatic carbocycles. The molecule has 3 aromatic heterocycles. The highest BCUT2D eigenvalue weighted by atomic mass is 35.5. The summed E-state index contributed by atoms with van der Waals surface area (Å²) in [5.74, 6) is -0.983. The van der Waals surface area contributed by atoms with E-state index in [1.54, 1.807) is 31.5 Å². The number of ether oxygens (including phenoxy) is 3. The number of aromatic nitrogens is 4. The number of pyridine rings is 2. The SMILES string of the molecule is CO[C@@H]1CN(C2COC2)CC[C@@H]1n1ncc2c(-c3ccc4c(c3)OCC(=O)N4Cc3ncc(Cl)cc3F)c(C(N)=O)c(CC(C)C)nc21. The predicted molar refractivity (Wildman–Crippen MR) is 177 cm³/mol. The second-order valence-electron chi connectivity index (χ2n) is 12.9. The molecule has 0 saturated carbocycles. The van der Waals surface area contributed by atoms with Gasteiger partial charge in [-0.2, -0.15) is 5.10 Å². The lowest BCUT2D eigenvalue weighted by atomic mass is 9.92. The Balaban J connectivity index is 1.32. The molecule has 7 rings (SSSR count). The molecule has 2 fully saturated rings. The Labute approximate surface area is 281 Å². The molecule has 2 saturated heterocycles. The Morgan fingerprint density at radius 1 is 1.21 bits per heavy atom. The molecule has 0 aliphatic carbocycles. The standard InChI is InChI=1S/C34H37ClFN7O5/c1-18(2)8-24-32(33(37)45)31(22-12-39-43(34(22)40-24)27-6-7-41(14-29(27)46-3)21-15-47-16-21)19-4-5-26-28(9-19)48-17-30(44)42(26)13-25-23(36)10-20(35)11-38-25/h4-5,9-12,18,21,27,29H,6-8,13-17H2,1-3H3,(H2,37,45)/t27-,29+/m0/s1. The molecule has 0 unspecified atom stereocenters. The molecule has 0 spiro atoms. The quantitative estimate of drug-likeness (QED) is 0.277. The van der Waals surface area contributed by atoms with E-state index in [1.807, 2.05) is 4.68 Å². The Kier molecular flexibility index (Phi) is 8.79. The Bertz CT molecular complexity index is 1900. The summed E-state index contributed by atoms with van der Waals surface area (Å²) in [5.41, 5.74) is 9.38. The monoisotopic (exact) mass is 677 g/mol. The van der Waals surface area contributed by atoms with E-state index < -0.39 is 11.7 Å². The zero-order valence-corrected chi connectivity index (χ0v) is 27.7. The second-order valence-corrected chi connectivity index (χ2v) is 13.4. The number of nitrogens with two attached hydrogens (primary N) is 1. The summed E-state index contributed by atoms with van der Waals surface area (Å²) < 4.78 is 33.9. The maximum absolute atomic E-state index is 14.7. The zero-order valence-electron chi connectivity index (χ0n) is 27.0. The summed E-state index contributed by atoms with van der Waals surface area (Å²) in [6.45, 7) is 6.85. The number of anilines is 1. The molecule has 252 valence electrons. The fourth-order valence-electron chi connectivity index (χ4n) is 6.90. The summed E-state index contributed by atoms with van der Waals surface area (Å²) in [4.78, 5) is 39.2. The highest BCUT2D eigenvalue weighted by Gasteiger charge is 2.38. The lowest BCUT2D eigenvalue weighted by Gasteiger charge is -2.44. The molecule has 2 N–H and O–H groups in total. The number of benzene rings is 1. The van der Waals surface area contributed by atoms with E-state index in [4.69, 9.17) is 41.6 Å². The third kappa shape index (κ3) is 5.89. The number of rotatable bonds is 9. The van der Waals surface area contributed by atoms with Gasteiger partial charge in [-0.3, -0.25) is 24.4 Å². The normalized spacial score (nSPS) is 20.2. The van der Waals surface area contributed by atoms with E-state index in [1.165, 1.54) is 11.1 Å². The van der Waals surface area contributed by atoms with Gasteiger partial charge >= 0.3 is 0 Å². The number of hydrogen-bond acceptors (Lipinski definition) is 9. The van der Waals surface area contributed by atoms with E-state index >= 15 is 0 Å². The minimum absolute atomic E-state index is 0.0727. The van der Waals surface area contributed by atoms with Crippen molar-refractivity contribution in [3.05, 3.63) is 64.5 Å². The Morgan fingerprint density at radius 2 is 2.02 bits per heavy atom. The van der Waals surface area contributed by atoms with Crippen molar-refractivity contribution >= 4 is 40.1 Å². The zero-order chi connectivity index (χ0) is 33.7. The van der Waals surface area contributed by atoms with Gasteiger partial charge in [0, 0.05) is 37.3 Å². The topological polar surface area (TPSA) is 138 Å². The van der Waals surface area contributed by atoms with Crippen molar-refractivity contribution in [1.29, 1.82) is 0 Å². The van der Waals surface area contributed by atoms with Gasteiger partial charge in [0.2, 0.25) is 0 Å². The molecular weight excluding hydrogens is 641 g/mol. The van der Waals surface area contributed by atoms with Crippen molar-refractivity contribution in [3.8, 4) is 16.9 Å². The first kappa shape index (κ1) is 32.4. The number of carbonyl (C=O) groups is 2. The van der Waals surface area contributed by atoms with E-state index in [-0.39, 0.29) is 47.8 Å². The molecule has 3 aliphatic rings. The smallest absolute Gasteiger partial charge is 0.265 e. The van der Waals surface area contributed by atoms with Crippen LogP contribution < -0.4 is 15.4 Å². The molecule has 0 bridgehead atoms. The number of nitrogens with zero attached hydrogens (tertiary/aromatic N) is 6. The summed E-state index contributed by atoms with van der Waals surface area (Å²) in [5, 5.41) is 5.67. The first-order chi connectivity index (χ1) is 23.1. The number of halogens is 2. The number of fused-ring (bicyclic) bond motifs is 2. The Morgan fingerprint density at radius 3 is 2.71 bits per heavy atom. The minimum atomic E-state index is -0.613. The molecule has 2 atom stereocenters. The van der Waals surface area contributed by atoms with Gasteiger partial charge in [-0.05, 0) is 42.5 Å². The molecule has 12 nitrogen and oxygen atoms in total. The van der Waals surface area contributed by atoms with Gasteiger partial charge in [0.25, 0.3) is 11.8 Å². The van der Waals surface area contributed by atoms with Crippen LogP contribution in [0.25, 0.3) is 22.2 Å². The summed E-state index contributed by atoms with van der Waals surface area (Å²) in [7, 11) is 1.72. The van der Waals surface area contributed by atoms with Crippen molar-refractivity contribution < 1.29 is 28.2 Å². The van der Waals surface area contributed by atoms with Gasteiger partial charge in [-0.15, -0.1) is 0 Å². The molecule has 14 heteroatoms. The Hall–Kier alpha value is -4.17. The molecule has 6 heterocycles. The fourth-order valence-corrected chi connectivity index (χ4v) is 7.04. The molecule has 4 aromatic rings. The second kappa shape index (κ2) is 13.0. The van der Waals surface area contributed by atoms with Crippen LogP contribution in [0.2, 0.25) is 5.02 Å². The number of piperidine rings is 1. The number of amides is 2. The average Bonchev–Trinajstić information content (AvgIpc) is 3.44. The number of primary amides is 1. The van der Waals surface area contributed by atoms with Gasteiger partial charge in [-0.1, -0.05) is 31.5 Å². The molecule has 2 amide bonds. The van der Waals surface area contributed by atoms with Crippen LogP contribution in [-0.4, -0.2) is 88.6 Å². The van der Waals surface area contributed by atoms with Crippen molar-refractivity contribution in [2.24, 2.45) is 11.7 Å². The third-order valence-corrected chi connectivity index (χ3v) is 9.57. The van der Waals surface area contributed by atoms with E-state index in [0.29, 0.717) is 57.3 Å². The van der Waals surface area contributed by atoms with Crippen LogP contribution in [0.5, 0.6) is 5.75 Å². The molecule has 0 radical (unpaired) electrons. The van der Waals surface area contributed by atoms with Crippen molar-refractivity contribution in [1.82, 2.24) is 24.6 Å². The molecule has 3 aliphatic heterocycles. The average molecular weight is 678 g/mol. The van der Waals surface area contributed by atoms with Gasteiger partial charge in [-0.25, -0.2) is 14.1 Å². The van der Waals surface area contributed by atoms with Crippen molar-refractivity contribution in [2.45, 2.75) is 51.4 Å². The van der Waals surface area contributed by atoms with Crippen molar-refractivity contribution in [2.75, 3.05) is 44.9 Å². The van der Waals surface area contributed by atoms with E-state index in [9.17, 15) is 14.0 Å². The third-order valence-electron chi connectivity index (χ3n) is 9.36. The van der Waals surface area contributed by atoms with E-state index in [2.05, 4.69) is 23.7 Å². The maximum atomic E-state index is 14.7. The van der Waals surface area contributed by atoms with Gasteiger partial charge in [0.1, 0.15) is 11.6 Å². The van der Waals surface area contributed by atoms with Crippen LogP contribution in [0.1, 0.15) is 48.1 Å². The summed E-state index contributed by atoms with van der Waals surface area (Å²) in [6.07, 6.45) is 4.26. The van der Waals surface area contributed by atoms with Crippen LogP contribution in [0.4, 0.5) is 10.1 Å². The summed E-state index contributed by atoms with van der Waals surface area (Å²) in [6, 6.07) is 6.78. The maximum Gasteiger partial charge on any atom is 0.265 e. The van der Waals surface area contributed by atoms with Crippen LogP contribution in [-0.2, 0) is 27.2 Å². The predicted octanol–water partition coefficient (Wildman–Crippen LogP) is 4.17. The first-order valence-electron chi connectivity index (χ1n) is 16.0. The first-order valence-corrected chi connectivity index (χ1v) is 16.4. The van der Waals surface area contributed by atoms with Crippen LogP contribution >= 0.6 is 11.6 Å². The van der Waals surface area contributed by atoms with Gasteiger partial charge in [0.05, 0.1) is 71.8 Å². The van der Waals surface area contributed by atoms with Crippen LogP contribution in [0, 0.1) is 11.7 Å². The lowest BCUT2D eigenvalue weighted by Crippen LogP contribution is -2.56. The highest BCUT2D eigenvalue weighted by molar-refractivity contribution is 6.30. The number of hydrogen-bond donors (Lipinski definition) is 1. The van der Waals surface area contributed by atoms with Gasteiger partial charge in [0.15, 0.2) is 12.3 Å². The lowest BCUT2D eigenvalue weighted by molar-refractivity contribution is -0.121. The number of likely N-dealkylation sites (tertiary alicyclic amines) is 1. The molecular formula is C34H37ClFN7O5. The van der Waals surface area contributed by atoms with E-state index in [0.717, 1.165) is 38.8 Å². The number of carbonyl (C=O) groups excluding carboxylic acids is 2. The fraction of sp³-hybridized carbons (Fsp3) is 0.441. The van der Waals surface area contributed by atoms with Crippen LogP contribution in [0.15, 0.2) is 36.7 Å². The largest absolute Gasteiger partial charge is 0.482 e.